The molecule has 0 aliphatic rings. The van der Waals surface area contributed by atoms with Crippen LogP contribution >= 0.6 is 12.4 Å². The van der Waals surface area contributed by atoms with E-state index >= 15 is 0 Å². The molecule has 10 heavy (non-hydrogen) atoms. The van der Waals surface area contributed by atoms with E-state index in [1.807, 2.05) is 0 Å². The minimum Gasteiger partial charge on any atom is -0.471 e. The Balaban J connectivity index is 0. The second kappa shape index (κ2) is 3.25. The normalized spacial score (nSPS) is 9.80. The van der Waals surface area contributed by atoms with Crippen LogP contribution < -0.4 is 0 Å². The van der Waals surface area contributed by atoms with Gasteiger partial charge in [0.25, 0.3) is 0 Å². The fourth-order valence-corrected chi connectivity index (χ4v) is 0.0781. The molecule has 0 saturated carbocycles. The van der Waals surface area contributed by atoms with Gasteiger partial charge in [0.05, 0.1) is 0 Å². The van der Waals surface area contributed by atoms with Gasteiger partial charge in [-0.2, -0.15) is 0 Å². The van der Waals surface area contributed by atoms with Gasteiger partial charge in [0.2, 0.25) is 0 Å². The number of halogens is 3. The van der Waals surface area contributed by atoms with Crippen molar-refractivity contribution in [1.29, 1.82) is 0 Å². The van der Waals surface area contributed by atoms with Crippen LogP contribution in [0.5, 0.6) is 0 Å². The Morgan fingerprint density at radius 2 is 1.90 bits per heavy atom. The van der Waals surface area contributed by atoms with Gasteiger partial charge in [-0.05, 0) is 0 Å². The highest BCUT2D eigenvalue weighted by Crippen LogP contribution is 2.12. The number of hydrogen-bond donors (Lipinski definition) is 1. The molecule has 0 saturated heterocycles. The third-order valence-corrected chi connectivity index (χ3v) is 0.487. The molecule has 0 unspecified atom stereocenters. The van der Waals surface area contributed by atoms with Crippen molar-refractivity contribution < 1.29 is 23.6 Å². The molecule has 0 amide bonds. The predicted molar refractivity (Wildman–Crippen MR) is 26.8 cm³/mol. The topological polar surface area (TPSA) is 80.4 Å². The Labute approximate surface area is 59.2 Å². The van der Waals surface area contributed by atoms with E-state index in [1.54, 1.807) is 0 Å². The summed E-state index contributed by atoms with van der Waals surface area (Å²) in [5.74, 6) is -2.76. The minimum absolute atomic E-state index is 0. The van der Waals surface area contributed by atoms with E-state index in [0.29, 0.717) is 0 Å². The summed E-state index contributed by atoms with van der Waals surface area (Å²) >= 11 is 0. The van der Waals surface area contributed by atoms with Crippen molar-refractivity contribution in [2.24, 2.45) is 0 Å². The zero-order chi connectivity index (χ0) is 7.65. The maximum absolute atomic E-state index is 11.4. The van der Waals surface area contributed by atoms with Gasteiger partial charge in [-0.3, -0.25) is 10.1 Å². The van der Waals surface area contributed by atoms with Crippen molar-refractivity contribution in [2.75, 3.05) is 0 Å². The third-order valence-electron chi connectivity index (χ3n) is 0.487. The van der Waals surface area contributed by atoms with Crippen molar-refractivity contribution in [3.8, 4) is 0 Å². The number of alkyl halides is 2. The summed E-state index contributed by atoms with van der Waals surface area (Å²) in [5.41, 5.74) is 0. The van der Waals surface area contributed by atoms with E-state index < -0.39 is 16.9 Å². The van der Waals surface area contributed by atoms with Gasteiger partial charge in [-0.1, -0.05) is 0 Å². The van der Waals surface area contributed by atoms with Crippen LogP contribution in [0, 0.1) is 10.1 Å². The van der Waals surface area contributed by atoms with E-state index in [4.69, 9.17) is 15.2 Å². The highest BCUT2D eigenvalue weighted by molar-refractivity contribution is 5.85. The molecule has 0 rings (SSSR count). The molecule has 0 aromatic heterocycles. The largest absolute Gasteiger partial charge is 0.612 e. The lowest BCUT2D eigenvalue weighted by molar-refractivity contribution is -0.624. The first-order valence-corrected chi connectivity index (χ1v) is 1.64. The van der Waals surface area contributed by atoms with E-state index in [0.717, 1.165) is 0 Å². The van der Waals surface area contributed by atoms with Gasteiger partial charge < -0.3 is 5.11 Å². The molecule has 0 radical (unpaired) electrons. The molecule has 1 N–H and O–H groups in total. The summed E-state index contributed by atoms with van der Waals surface area (Å²) in [4.78, 5) is 16.2. The summed E-state index contributed by atoms with van der Waals surface area (Å²) in [6, 6.07) is -4.86. The number of nitrogens with zero attached hydrogens (tertiary/aromatic N) is 1. The van der Waals surface area contributed by atoms with Gasteiger partial charge >= 0.3 is 12.0 Å². The molecule has 60 valence electrons. The second-order valence-electron chi connectivity index (χ2n) is 1.10. The summed E-state index contributed by atoms with van der Waals surface area (Å²) in [7, 11) is 0. The second-order valence-corrected chi connectivity index (χ2v) is 1.10. The Kier molecular flexibility index (Phi) is 3.83. The fourth-order valence-electron chi connectivity index (χ4n) is 0.0781. The van der Waals surface area contributed by atoms with Crippen LogP contribution in [0.25, 0.3) is 0 Å². The average molecular weight is 177 g/mol. The monoisotopic (exact) mass is 177 g/mol. The van der Waals surface area contributed by atoms with E-state index in [9.17, 15) is 13.6 Å². The molecule has 0 aliphatic carbocycles. The number of carboxylic acids is 1. The van der Waals surface area contributed by atoms with E-state index in [2.05, 4.69) is 0 Å². The molecule has 0 aromatic carbocycles. The number of carboxylic acid groups (broad SMARTS) is 1. The highest BCUT2D eigenvalue weighted by atomic mass is 35.5. The smallest absolute Gasteiger partial charge is 0.471 e. The van der Waals surface area contributed by atoms with Crippen LogP contribution in [0.15, 0.2) is 0 Å². The maximum Gasteiger partial charge on any atom is 0.612 e. The van der Waals surface area contributed by atoms with Crippen LogP contribution in [0.1, 0.15) is 0 Å². The molecule has 0 aliphatic heterocycles. The number of nitro groups is 1. The van der Waals surface area contributed by atoms with Crippen LogP contribution in [-0.2, 0) is 4.79 Å². The molecular weight excluding hydrogens is 175 g/mol. The molecule has 8 heteroatoms. The third kappa shape index (κ3) is 2.09. The lowest BCUT2D eigenvalue weighted by atomic mass is 10.6. The van der Waals surface area contributed by atoms with Crippen molar-refractivity contribution in [2.45, 2.75) is 6.05 Å². The Morgan fingerprint density at radius 3 is 1.90 bits per heavy atom. The van der Waals surface area contributed by atoms with Crippen molar-refractivity contribution in [1.82, 2.24) is 0 Å². The molecule has 5 nitrogen and oxygen atoms in total. The summed E-state index contributed by atoms with van der Waals surface area (Å²) < 4.78 is 22.7. The molecule has 0 fully saturated rings. The maximum atomic E-state index is 11.4. The summed E-state index contributed by atoms with van der Waals surface area (Å²) in [5, 5.41) is 16.6. The molecule has 0 aromatic rings. The van der Waals surface area contributed by atoms with Gasteiger partial charge in [-0.25, -0.2) is 4.79 Å². The van der Waals surface area contributed by atoms with Gasteiger partial charge in [0, 0.05) is 0 Å². The quantitative estimate of drug-likeness (QED) is 0.375. The number of carbonyl (C=O) groups is 1. The molecular formula is C2H2ClF2NO4. The van der Waals surface area contributed by atoms with Crippen molar-refractivity contribution >= 4 is 18.4 Å². The zero-order valence-corrected chi connectivity index (χ0v) is 5.10. The van der Waals surface area contributed by atoms with Crippen LogP contribution in [-0.4, -0.2) is 22.0 Å². The van der Waals surface area contributed by atoms with Crippen LogP contribution in [0.3, 0.4) is 0 Å². The van der Waals surface area contributed by atoms with E-state index in [1.165, 1.54) is 0 Å². The van der Waals surface area contributed by atoms with E-state index in [-0.39, 0.29) is 12.4 Å². The molecule has 0 spiro atoms. The van der Waals surface area contributed by atoms with Crippen molar-refractivity contribution in [3.63, 3.8) is 0 Å². The highest BCUT2D eigenvalue weighted by Gasteiger charge is 2.54. The first-order chi connectivity index (χ1) is 3.89. The first-order valence-electron chi connectivity index (χ1n) is 1.64. The summed E-state index contributed by atoms with van der Waals surface area (Å²) in [6.45, 7) is 0. The van der Waals surface area contributed by atoms with Crippen molar-refractivity contribution in [3.05, 3.63) is 10.1 Å². The Morgan fingerprint density at radius 1 is 1.60 bits per heavy atom. The zero-order valence-electron chi connectivity index (χ0n) is 4.28. The molecule has 0 heterocycles. The number of aliphatic carboxylic acids is 1. The Bertz CT molecular complexity index is 143. The van der Waals surface area contributed by atoms with Crippen LogP contribution in [0.2, 0.25) is 0 Å². The lowest BCUT2D eigenvalue weighted by Gasteiger charge is -1.97. The van der Waals surface area contributed by atoms with Gasteiger partial charge in [0.15, 0.2) is 0 Å². The van der Waals surface area contributed by atoms with Crippen LogP contribution in [0.4, 0.5) is 8.78 Å². The number of rotatable bonds is 2. The number of hydrogen-bond acceptors (Lipinski definition) is 3. The standard InChI is InChI=1S/C2HF2NO4.ClH/c3-2(4,1(6)7)5(8)9;/h(H,6,7);1H. The minimum atomic E-state index is -4.86. The first kappa shape index (κ1) is 11.8. The average Bonchev–Trinajstić information content (AvgIpc) is 1.65. The molecule has 0 bridgehead atoms. The van der Waals surface area contributed by atoms with Gasteiger partial charge in [0.1, 0.15) is 4.92 Å². The van der Waals surface area contributed by atoms with Gasteiger partial charge in [-0.15, -0.1) is 21.2 Å². The fraction of sp³-hybridized carbons (Fsp3) is 0.500. The molecule has 0 atom stereocenters. The Hall–Kier alpha value is -0.980. The SMILES string of the molecule is Cl.O=C(O)C(F)(F)[N+](=O)[O-]. The lowest BCUT2D eigenvalue weighted by Crippen LogP contribution is -2.36. The summed E-state index contributed by atoms with van der Waals surface area (Å²) in [6.07, 6.45) is 0. The predicted octanol–water partition coefficient (Wildman–Crippen LogP) is 0.362.